The lowest BCUT2D eigenvalue weighted by Crippen LogP contribution is -2.43. The fourth-order valence-corrected chi connectivity index (χ4v) is 5.03. The van der Waals surface area contributed by atoms with Gasteiger partial charge in [0.05, 0.1) is 5.69 Å². The molecule has 7 heteroatoms. The molecule has 7 nitrogen and oxygen atoms in total. The number of benzene rings is 1. The summed E-state index contributed by atoms with van der Waals surface area (Å²) in [5.41, 5.74) is 1.88. The second-order valence-electron chi connectivity index (χ2n) is 10.3. The molecule has 2 aliphatic rings. The van der Waals surface area contributed by atoms with Crippen LogP contribution in [0.2, 0.25) is 0 Å². The molecule has 1 saturated heterocycles. The van der Waals surface area contributed by atoms with E-state index in [4.69, 9.17) is 4.74 Å². The van der Waals surface area contributed by atoms with Crippen molar-refractivity contribution in [2.24, 2.45) is 17.8 Å². The van der Waals surface area contributed by atoms with Gasteiger partial charge in [-0.05, 0) is 81.9 Å². The SMILES string of the molecule is CC1CCC(C(=O)N(c2nn(-c3ccc(/C=C\C4CCOCC4)cc3)cc2C(=O)O)C(C)C)CC1. The van der Waals surface area contributed by atoms with E-state index in [2.05, 4.69) is 24.2 Å². The average Bonchev–Trinajstić information content (AvgIpc) is 3.29. The van der Waals surface area contributed by atoms with Gasteiger partial charge < -0.3 is 9.84 Å². The Labute approximate surface area is 207 Å². The maximum atomic E-state index is 13.5. The van der Waals surface area contributed by atoms with Crippen molar-refractivity contribution in [3.63, 3.8) is 0 Å². The van der Waals surface area contributed by atoms with Crippen LogP contribution in [0.3, 0.4) is 0 Å². The van der Waals surface area contributed by atoms with Crippen molar-refractivity contribution in [1.29, 1.82) is 0 Å². The highest BCUT2D eigenvalue weighted by Crippen LogP contribution is 2.32. The minimum Gasteiger partial charge on any atom is -0.477 e. The highest BCUT2D eigenvalue weighted by Gasteiger charge is 2.34. The van der Waals surface area contributed by atoms with Gasteiger partial charge in [-0.2, -0.15) is 0 Å². The van der Waals surface area contributed by atoms with E-state index in [1.165, 1.54) is 6.20 Å². The Morgan fingerprint density at radius 1 is 1.09 bits per heavy atom. The maximum Gasteiger partial charge on any atom is 0.341 e. The molecule has 2 heterocycles. The molecule has 1 aliphatic carbocycles. The van der Waals surface area contributed by atoms with E-state index in [9.17, 15) is 14.7 Å². The van der Waals surface area contributed by atoms with Crippen molar-refractivity contribution in [2.75, 3.05) is 18.1 Å². The van der Waals surface area contributed by atoms with Crippen molar-refractivity contribution in [1.82, 2.24) is 9.78 Å². The van der Waals surface area contributed by atoms with Crippen LogP contribution in [-0.4, -0.2) is 46.0 Å². The molecule has 1 saturated carbocycles. The summed E-state index contributed by atoms with van der Waals surface area (Å²) in [6, 6.07) is 7.66. The van der Waals surface area contributed by atoms with Crippen molar-refractivity contribution < 1.29 is 19.4 Å². The van der Waals surface area contributed by atoms with Gasteiger partial charge in [-0.1, -0.05) is 31.2 Å². The molecular formula is C28H37N3O4. The normalized spacial score (nSPS) is 21.5. The third kappa shape index (κ3) is 6.01. The van der Waals surface area contributed by atoms with Gasteiger partial charge in [0.15, 0.2) is 5.82 Å². The van der Waals surface area contributed by atoms with Gasteiger partial charge in [0, 0.05) is 31.4 Å². The molecule has 0 radical (unpaired) electrons. The van der Waals surface area contributed by atoms with Crippen molar-refractivity contribution >= 4 is 23.8 Å². The van der Waals surface area contributed by atoms with Crippen LogP contribution in [0.5, 0.6) is 0 Å². The van der Waals surface area contributed by atoms with Crippen LogP contribution in [0.1, 0.15) is 75.2 Å². The Bertz CT molecular complexity index is 1040. The molecule has 35 heavy (non-hydrogen) atoms. The molecule has 1 amide bonds. The molecular weight excluding hydrogens is 442 g/mol. The van der Waals surface area contributed by atoms with Crippen molar-refractivity contribution in [3.8, 4) is 5.69 Å². The first-order valence-corrected chi connectivity index (χ1v) is 12.9. The van der Waals surface area contributed by atoms with Crippen LogP contribution >= 0.6 is 0 Å². The number of anilines is 1. The highest BCUT2D eigenvalue weighted by molar-refractivity contribution is 6.01. The topological polar surface area (TPSA) is 84.7 Å². The summed E-state index contributed by atoms with van der Waals surface area (Å²) in [4.78, 5) is 27.2. The molecule has 0 spiro atoms. The van der Waals surface area contributed by atoms with Crippen LogP contribution in [-0.2, 0) is 9.53 Å². The lowest BCUT2D eigenvalue weighted by atomic mass is 9.82. The van der Waals surface area contributed by atoms with Crippen LogP contribution in [0.25, 0.3) is 11.8 Å². The number of rotatable bonds is 7. The Hall–Kier alpha value is -2.93. The number of carboxylic acid groups (broad SMARTS) is 1. The largest absolute Gasteiger partial charge is 0.477 e. The van der Waals surface area contributed by atoms with Gasteiger partial charge in [0.2, 0.25) is 5.91 Å². The van der Waals surface area contributed by atoms with Gasteiger partial charge in [0.1, 0.15) is 5.56 Å². The lowest BCUT2D eigenvalue weighted by Gasteiger charge is -2.32. The first-order valence-electron chi connectivity index (χ1n) is 12.9. The molecule has 0 atom stereocenters. The second-order valence-corrected chi connectivity index (χ2v) is 10.3. The first kappa shape index (κ1) is 25.2. The predicted octanol–water partition coefficient (Wildman–Crippen LogP) is 5.58. The molecule has 2 aromatic rings. The molecule has 4 rings (SSSR count). The minimum atomic E-state index is -1.09. The van der Waals surface area contributed by atoms with E-state index in [0.717, 1.165) is 63.0 Å². The minimum absolute atomic E-state index is 0.0201. The molecule has 0 unspecified atom stereocenters. The molecule has 1 N–H and O–H groups in total. The summed E-state index contributed by atoms with van der Waals surface area (Å²) < 4.78 is 6.99. The zero-order valence-corrected chi connectivity index (χ0v) is 21.0. The summed E-state index contributed by atoms with van der Waals surface area (Å²) in [6.45, 7) is 7.67. The number of carbonyl (C=O) groups is 2. The summed E-state index contributed by atoms with van der Waals surface area (Å²) in [7, 11) is 0. The fraction of sp³-hybridized carbons (Fsp3) is 0.536. The van der Waals surface area contributed by atoms with E-state index in [1.807, 2.05) is 38.1 Å². The molecule has 188 valence electrons. The summed E-state index contributed by atoms with van der Waals surface area (Å²) in [5, 5.41) is 14.5. The van der Waals surface area contributed by atoms with E-state index in [0.29, 0.717) is 11.8 Å². The number of aromatic carboxylic acids is 1. The number of hydrogen-bond acceptors (Lipinski definition) is 4. The van der Waals surface area contributed by atoms with Gasteiger partial charge in [0.25, 0.3) is 0 Å². The standard InChI is InChI=1S/C28H37N3O4/c1-19(2)31(27(32)23-10-4-20(3)5-11-23)26-25(28(33)34)18-30(29-26)24-12-8-21(9-13-24)6-7-22-14-16-35-17-15-22/h6-9,12-13,18-20,22-23H,4-5,10-11,14-17H2,1-3H3,(H,33,34)/b7-6-. The van der Waals surface area contributed by atoms with Gasteiger partial charge >= 0.3 is 5.97 Å². The summed E-state index contributed by atoms with van der Waals surface area (Å²) in [6.07, 6.45) is 11.7. The van der Waals surface area contributed by atoms with Gasteiger partial charge in [-0.15, -0.1) is 5.10 Å². The third-order valence-corrected chi connectivity index (χ3v) is 7.26. The average molecular weight is 480 g/mol. The van der Waals surface area contributed by atoms with Crippen LogP contribution < -0.4 is 4.90 Å². The highest BCUT2D eigenvalue weighted by atomic mass is 16.5. The summed E-state index contributed by atoms with van der Waals surface area (Å²) >= 11 is 0. The predicted molar refractivity (Wildman–Crippen MR) is 137 cm³/mol. The number of ether oxygens (including phenoxy) is 1. The maximum absolute atomic E-state index is 13.5. The summed E-state index contributed by atoms with van der Waals surface area (Å²) in [5.74, 6) is 0.213. The Morgan fingerprint density at radius 2 is 1.74 bits per heavy atom. The van der Waals surface area contributed by atoms with Crippen LogP contribution in [0.4, 0.5) is 5.82 Å². The lowest BCUT2D eigenvalue weighted by molar-refractivity contribution is -0.124. The Balaban J connectivity index is 1.57. The zero-order valence-electron chi connectivity index (χ0n) is 21.0. The van der Waals surface area contributed by atoms with Gasteiger partial charge in [-0.25, -0.2) is 9.48 Å². The number of aromatic nitrogens is 2. The monoisotopic (exact) mass is 479 g/mol. The van der Waals surface area contributed by atoms with Crippen molar-refractivity contribution in [3.05, 3.63) is 47.7 Å². The van der Waals surface area contributed by atoms with Crippen LogP contribution in [0.15, 0.2) is 36.5 Å². The second kappa shape index (κ2) is 11.2. The number of amides is 1. The Kier molecular flexibility index (Phi) is 8.06. The number of nitrogens with zero attached hydrogens (tertiary/aromatic N) is 3. The van der Waals surface area contributed by atoms with E-state index >= 15 is 0 Å². The quantitative estimate of drug-likeness (QED) is 0.561. The smallest absolute Gasteiger partial charge is 0.341 e. The van der Waals surface area contributed by atoms with Crippen LogP contribution in [0, 0.1) is 17.8 Å². The van der Waals surface area contributed by atoms with E-state index < -0.39 is 5.97 Å². The number of carbonyl (C=O) groups excluding carboxylic acids is 1. The molecule has 1 aromatic heterocycles. The molecule has 1 aromatic carbocycles. The fourth-order valence-electron chi connectivity index (χ4n) is 5.03. The first-order chi connectivity index (χ1) is 16.8. The van der Waals surface area contributed by atoms with Crippen molar-refractivity contribution in [2.45, 2.75) is 65.3 Å². The Morgan fingerprint density at radius 3 is 2.34 bits per heavy atom. The number of hydrogen-bond donors (Lipinski definition) is 1. The number of carboxylic acids is 1. The molecule has 2 fully saturated rings. The third-order valence-electron chi connectivity index (χ3n) is 7.26. The molecule has 0 bridgehead atoms. The zero-order chi connectivity index (χ0) is 24.9. The van der Waals surface area contributed by atoms with E-state index in [1.54, 1.807) is 9.58 Å². The molecule has 1 aliphatic heterocycles. The van der Waals surface area contributed by atoms with E-state index in [-0.39, 0.29) is 29.2 Å². The van der Waals surface area contributed by atoms with Gasteiger partial charge in [-0.3, -0.25) is 9.69 Å². The number of allylic oxidation sites excluding steroid dienone is 1.